The lowest BCUT2D eigenvalue weighted by molar-refractivity contribution is -0.139. The summed E-state index contributed by atoms with van der Waals surface area (Å²) in [5.74, 6) is -1.11. The van der Waals surface area contributed by atoms with Crippen molar-refractivity contribution >= 4 is 16.9 Å². The lowest BCUT2D eigenvalue weighted by Gasteiger charge is -2.18. The number of carboxylic acids is 1. The average Bonchev–Trinajstić information content (AvgIpc) is 2.67. The van der Waals surface area contributed by atoms with Crippen LogP contribution in [0.15, 0.2) is 18.5 Å². The first kappa shape index (κ1) is 9.39. The van der Waals surface area contributed by atoms with E-state index in [0.29, 0.717) is 0 Å². The molecule has 0 saturated heterocycles. The zero-order valence-electron chi connectivity index (χ0n) is 8.73. The molecule has 2 N–H and O–H groups in total. The summed E-state index contributed by atoms with van der Waals surface area (Å²) >= 11 is 0. The number of carbonyl (C=O) groups is 1. The van der Waals surface area contributed by atoms with Crippen molar-refractivity contribution in [2.45, 2.75) is 25.2 Å². The van der Waals surface area contributed by atoms with Gasteiger partial charge in [0.05, 0.1) is 5.92 Å². The van der Waals surface area contributed by atoms with E-state index in [-0.39, 0.29) is 5.92 Å². The van der Waals surface area contributed by atoms with Crippen LogP contribution in [0.1, 0.15) is 30.0 Å². The Labute approximate surface area is 92.3 Å². The molecule has 0 bridgehead atoms. The summed E-state index contributed by atoms with van der Waals surface area (Å²) in [6.45, 7) is 0. The minimum atomic E-state index is -0.736. The molecule has 1 atom stereocenters. The number of aliphatic carboxylic acids is 1. The second kappa shape index (κ2) is 3.33. The predicted octanol–water partition coefficient (Wildman–Crippen LogP) is 2.07. The summed E-state index contributed by atoms with van der Waals surface area (Å²) in [5, 5.41) is 10.2. The van der Waals surface area contributed by atoms with Gasteiger partial charge in [0.25, 0.3) is 0 Å². The predicted molar refractivity (Wildman–Crippen MR) is 59.4 cm³/mol. The maximum absolute atomic E-state index is 11.2. The fourth-order valence-electron chi connectivity index (χ4n) is 2.55. The Morgan fingerprint density at radius 3 is 3.25 bits per heavy atom. The Morgan fingerprint density at radius 1 is 1.56 bits per heavy atom. The highest BCUT2D eigenvalue weighted by atomic mass is 16.4. The van der Waals surface area contributed by atoms with Gasteiger partial charge in [0.15, 0.2) is 0 Å². The molecule has 4 heteroatoms. The van der Waals surface area contributed by atoms with Crippen LogP contribution in [-0.2, 0) is 11.2 Å². The van der Waals surface area contributed by atoms with Crippen molar-refractivity contribution < 1.29 is 9.90 Å². The molecule has 2 aromatic rings. The molecule has 1 aliphatic rings. The molecule has 0 spiro atoms. The Hall–Kier alpha value is -1.84. The standard InChI is InChI=1S/C12H12N2O2/c15-12(16)8-3-1-2-7-9-6-13-5-4-10(9)14-11(7)8/h4-6,8,14H,1-3H2,(H,15,16). The largest absolute Gasteiger partial charge is 0.481 e. The molecule has 0 fully saturated rings. The van der Waals surface area contributed by atoms with Crippen molar-refractivity contribution in [3.05, 3.63) is 29.7 Å². The molecule has 0 radical (unpaired) electrons. The molecule has 2 heterocycles. The van der Waals surface area contributed by atoms with Crippen molar-refractivity contribution in [1.29, 1.82) is 0 Å². The number of nitrogens with zero attached hydrogens (tertiary/aromatic N) is 1. The maximum Gasteiger partial charge on any atom is 0.312 e. The van der Waals surface area contributed by atoms with Crippen molar-refractivity contribution in [1.82, 2.24) is 9.97 Å². The molecule has 0 aromatic carbocycles. The zero-order valence-corrected chi connectivity index (χ0v) is 8.73. The first-order chi connectivity index (χ1) is 7.77. The smallest absolute Gasteiger partial charge is 0.312 e. The first-order valence-corrected chi connectivity index (χ1v) is 5.44. The highest BCUT2D eigenvalue weighted by Gasteiger charge is 2.29. The molecular weight excluding hydrogens is 204 g/mol. The van der Waals surface area contributed by atoms with E-state index >= 15 is 0 Å². The van der Waals surface area contributed by atoms with Gasteiger partial charge >= 0.3 is 5.97 Å². The Kier molecular flexibility index (Phi) is 1.96. The fourth-order valence-corrected chi connectivity index (χ4v) is 2.55. The highest BCUT2D eigenvalue weighted by Crippen LogP contribution is 2.35. The van der Waals surface area contributed by atoms with Crippen LogP contribution in [-0.4, -0.2) is 21.0 Å². The van der Waals surface area contributed by atoms with E-state index in [1.165, 1.54) is 0 Å². The average molecular weight is 216 g/mol. The van der Waals surface area contributed by atoms with Gasteiger partial charge in [0.1, 0.15) is 0 Å². The van der Waals surface area contributed by atoms with Crippen LogP contribution in [0.5, 0.6) is 0 Å². The monoisotopic (exact) mass is 216 g/mol. The normalized spacial score (nSPS) is 19.6. The third-order valence-corrected chi connectivity index (χ3v) is 3.31. The summed E-state index contributed by atoms with van der Waals surface area (Å²) in [6, 6.07) is 1.90. The molecular formula is C12H12N2O2. The second-order valence-corrected chi connectivity index (χ2v) is 4.22. The van der Waals surface area contributed by atoms with Crippen LogP contribution in [0.3, 0.4) is 0 Å². The van der Waals surface area contributed by atoms with Crippen molar-refractivity contribution in [2.24, 2.45) is 0 Å². The Balaban J connectivity index is 2.25. The number of aromatic amines is 1. The van der Waals surface area contributed by atoms with E-state index in [0.717, 1.165) is 41.4 Å². The van der Waals surface area contributed by atoms with Crippen LogP contribution in [0.4, 0.5) is 0 Å². The van der Waals surface area contributed by atoms with Crippen LogP contribution < -0.4 is 0 Å². The summed E-state index contributed by atoms with van der Waals surface area (Å²) in [7, 11) is 0. The molecule has 0 amide bonds. The van der Waals surface area contributed by atoms with E-state index in [1.807, 2.05) is 12.3 Å². The molecule has 1 unspecified atom stereocenters. The van der Waals surface area contributed by atoms with Gasteiger partial charge in [-0.15, -0.1) is 0 Å². The van der Waals surface area contributed by atoms with E-state index < -0.39 is 5.97 Å². The van der Waals surface area contributed by atoms with Crippen molar-refractivity contribution in [2.75, 3.05) is 0 Å². The van der Waals surface area contributed by atoms with Crippen LogP contribution in [0, 0.1) is 0 Å². The second-order valence-electron chi connectivity index (χ2n) is 4.22. The van der Waals surface area contributed by atoms with Gasteiger partial charge in [-0.1, -0.05) is 0 Å². The Bertz CT molecular complexity index is 559. The third kappa shape index (κ3) is 1.23. The van der Waals surface area contributed by atoms with E-state index in [4.69, 9.17) is 0 Å². The van der Waals surface area contributed by atoms with Crippen LogP contribution in [0.2, 0.25) is 0 Å². The van der Waals surface area contributed by atoms with Gasteiger partial charge in [0, 0.05) is 29.0 Å². The van der Waals surface area contributed by atoms with Gasteiger partial charge < -0.3 is 10.1 Å². The lowest BCUT2D eigenvalue weighted by Crippen LogP contribution is -2.17. The number of rotatable bonds is 1. The summed E-state index contributed by atoms with van der Waals surface area (Å²) < 4.78 is 0. The topological polar surface area (TPSA) is 66.0 Å². The highest BCUT2D eigenvalue weighted by molar-refractivity contribution is 5.87. The van der Waals surface area contributed by atoms with E-state index in [2.05, 4.69) is 9.97 Å². The lowest BCUT2D eigenvalue weighted by atomic mass is 9.87. The van der Waals surface area contributed by atoms with E-state index in [1.54, 1.807) is 6.20 Å². The maximum atomic E-state index is 11.2. The number of carboxylic acid groups (broad SMARTS) is 1. The number of hydrogen-bond acceptors (Lipinski definition) is 2. The molecule has 16 heavy (non-hydrogen) atoms. The number of fused-ring (bicyclic) bond motifs is 3. The first-order valence-electron chi connectivity index (χ1n) is 5.44. The Morgan fingerprint density at radius 2 is 2.44 bits per heavy atom. The number of hydrogen-bond donors (Lipinski definition) is 2. The summed E-state index contributed by atoms with van der Waals surface area (Å²) in [4.78, 5) is 18.5. The zero-order chi connectivity index (χ0) is 11.1. The quantitative estimate of drug-likeness (QED) is 0.766. The molecule has 0 aliphatic heterocycles. The fraction of sp³-hybridized carbons (Fsp3) is 0.333. The molecule has 0 saturated carbocycles. The SMILES string of the molecule is O=C(O)C1CCCc2c1[nH]c1ccncc21. The summed E-state index contributed by atoms with van der Waals surface area (Å²) in [5.41, 5.74) is 3.01. The van der Waals surface area contributed by atoms with Gasteiger partial charge in [-0.3, -0.25) is 9.78 Å². The molecule has 82 valence electrons. The number of pyridine rings is 1. The molecule has 1 aliphatic carbocycles. The van der Waals surface area contributed by atoms with Gasteiger partial charge in [-0.2, -0.15) is 0 Å². The number of nitrogens with one attached hydrogen (secondary N) is 1. The van der Waals surface area contributed by atoms with Gasteiger partial charge in [0.2, 0.25) is 0 Å². The summed E-state index contributed by atoms with van der Waals surface area (Å²) in [6.07, 6.45) is 6.15. The number of H-pyrrole nitrogens is 1. The molecule has 4 nitrogen and oxygen atoms in total. The van der Waals surface area contributed by atoms with E-state index in [9.17, 15) is 9.90 Å². The van der Waals surface area contributed by atoms with Crippen molar-refractivity contribution in [3.8, 4) is 0 Å². The molecule has 3 rings (SSSR count). The van der Waals surface area contributed by atoms with Gasteiger partial charge in [-0.05, 0) is 30.9 Å². The third-order valence-electron chi connectivity index (χ3n) is 3.31. The van der Waals surface area contributed by atoms with Gasteiger partial charge in [-0.25, -0.2) is 0 Å². The van der Waals surface area contributed by atoms with Crippen molar-refractivity contribution in [3.63, 3.8) is 0 Å². The van der Waals surface area contributed by atoms with Crippen LogP contribution >= 0.6 is 0 Å². The molecule has 2 aromatic heterocycles. The number of aryl methyl sites for hydroxylation is 1. The number of aromatic nitrogens is 2. The minimum Gasteiger partial charge on any atom is -0.481 e. The van der Waals surface area contributed by atoms with Crippen LogP contribution in [0.25, 0.3) is 10.9 Å². The minimum absolute atomic E-state index is 0.379.